The number of fused-ring (bicyclic) bond motifs is 1. The van der Waals surface area contributed by atoms with E-state index < -0.39 is 0 Å². The van der Waals surface area contributed by atoms with Gasteiger partial charge in [-0.15, -0.1) is 23.1 Å². The first kappa shape index (κ1) is 23.3. The molecule has 2 heterocycles. The van der Waals surface area contributed by atoms with Crippen molar-refractivity contribution in [3.63, 3.8) is 0 Å². The van der Waals surface area contributed by atoms with E-state index in [-0.39, 0.29) is 22.8 Å². The van der Waals surface area contributed by atoms with Gasteiger partial charge in [-0.1, -0.05) is 60.7 Å². The van der Waals surface area contributed by atoms with Crippen molar-refractivity contribution in [1.82, 2.24) is 15.3 Å². The molecule has 4 rings (SSSR count). The first-order valence-corrected chi connectivity index (χ1v) is 13.0. The lowest BCUT2D eigenvalue weighted by Gasteiger charge is -2.17. The van der Waals surface area contributed by atoms with Gasteiger partial charge in [-0.25, -0.2) is 4.98 Å². The van der Waals surface area contributed by atoms with Crippen molar-refractivity contribution in [2.24, 2.45) is 0 Å². The van der Waals surface area contributed by atoms with Gasteiger partial charge in [0, 0.05) is 17.0 Å². The minimum atomic E-state index is -0.242. The Morgan fingerprint density at radius 2 is 1.79 bits per heavy atom. The zero-order valence-electron chi connectivity index (χ0n) is 18.7. The summed E-state index contributed by atoms with van der Waals surface area (Å²) in [5.41, 5.74) is 3.04. The molecule has 2 aromatic heterocycles. The average molecular weight is 478 g/mol. The van der Waals surface area contributed by atoms with Gasteiger partial charge in [0.15, 0.2) is 0 Å². The maximum Gasteiger partial charge on any atom is 0.260 e. The minimum absolute atomic E-state index is 0.00599. The molecule has 0 aliphatic heterocycles. The van der Waals surface area contributed by atoms with E-state index in [1.807, 2.05) is 67.8 Å². The number of thiophene rings is 1. The summed E-state index contributed by atoms with van der Waals surface area (Å²) < 4.78 is 0. The number of nitrogens with one attached hydrogen (secondary N) is 2. The first-order valence-electron chi connectivity index (χ1n) is 11.0. The molecule has 2 unspecified atom stereocenters. The Bertz CT molecular complexity index is 1270. The van der Waals surface area contributed by atoms with E-state index in [4.69, 9.17) is 0 Å². The number of nitrogens with zero attached hydrogens (tertiary/aromatic N) is 1. The summed E-state index contributed by atoms with van der Waals surface area (Å²) in [6.07, 6.45) is 1.82. The van der Waals surface area contributed by atoms with Crippen LogP contribution in [-0.4, -0.2) is 27.2 Å². The SMILES string of the molecule is CC(CCc1ccccc1)NC(=O)C(C)SCc1nc2scc(-c3ccccc3)c2c(=O)[nH]1. The third-order valence-electron chi connectivity index (χ3n) is 5.51. The van der Waals surface area contributed by atoms with Crippen molar-refractivity contribution in [3.05, 3.63) is 87.8 Å². The van der Waals surface area contributed by atoms with Gasteiger partial charge in [0.2, 0.25) is 5.91 Å². The molecular weight excluding hydrogens is 450 g/mol. The summed E-state index contributed by atoms with van der Waals surface area (Å²) in [5.74, 6) is 1.07. The second kappa shape index (κ2) is 10.8. The molecular formula is C26H27N3O2S2. The lowest BCUT2D eigenvalue weighted by atomic mass is 10.1. The fraction of sp³-hybridized carbons (Fsp3) is 0.269. The van der Waals surface area contributed by atoms with E-state index in [1.165, 1.54) is 28.7 Å². The van der Waals surface area contributed by atoms with Crippen LogP contribution in [0.4, 0.5) is 0 Å². The van der Waals surface area contributed by atoms with Gasteiger partial charge >= 0.3 is 0 Å². The topological polar surface area (TPSA) is 74.8 Å². The van der Waals surface area contributed by atoms with Crippen molar-refractivity contribution in [3.8, 4) is 11.1 Å². The number of benzene rings is 2. The Balaban J connectivity index is 1.34. The van der Waals surface area contributed by atoms with Gasteiger partial charge in [-0.2, -0.15) is 0 Å². The number of hydrogen-bond donors (Lipinski definition) is 2. The molecule has 0 aliphatic carbocycles. The van der Waals surface area contributed by atoms with Crippen LogP contribution in [-0.2, 0) is 17.0 Å². The van der Waals surface area contributed by atoms with E-state index in [9.17, 15) is 9.59 Å². The molecule has 2 N–H and O–H groups in total. The predicted octanol–water partition coefficient (Wildman–Crippen LogP) is 5.41. The van der Waals surface area contributed by atoms with Gasteiger partial charge in [-0.3, -0.25) is 9.59 Å². The van der Waals surface area contributed by atoms with Gasteiger partial charge in [0.1, 0.15) is 10.7 Å². The number of H-pyrrole nitrogens is 1. The molecule has 0 saturated heterocycles. The summed E-state index contributed by atoms with van der Waals surface area (Å²) in [7, 11) is 0. The van der Waals surface area contributed by atoms with Gasteiger partial charge in [0.25, 0.3) is 5.56 Å². The Labute approximate surface area is 201 Å². The molecule has 170 valence electrons. The summed E-state index contributed by atoms with van der Waals surface area (Å²) in [6.45, 7) is 3.92. The number of rotatable bonds is 9. The summed E-state index contributed by atoms with van der Waals surface area (Å²) in [6, 6.07) is 20.2. The largest absolute Gasteiger partial charge is 0.353 e. The summed E-state index contributed by atoms with van der Waals surface area (Å²) >= 11 is 2.94. The Morgan fingerprint density at radius 1 is 1.09 bits per heavy atom. The normalized spacial score (nSPS) is 13.0. The molecule has 0 bridgehead atoms. The van der Waals surface area contributed by atoms with Crippen LogP contribution in [0.3, 0.4) is 0 Å². The number of aromatic amines is 1. The van der Waals surface area contributed by atoms with Crippen molar-refractivity contribution in [2.75, 3.05) is 0 Å². The third kappa shape index (κ3) is 5.92. The molecule has 1 amide bonds. The Morgan fingerprint density at radius 3 is 2.52 bits per heavy atom. The average Bonchev–Trinajstić information content (AvgIpc) is 3.27. The molecule has 2 aromatic carbocycles. The van der Waals surface area contributed by atoms with Gasteiger partial charge in [-0.05, 0) is 37.8 Å². The van der Waals surface area contributed by atoms with Crippen LogP contribution in [0, 0.1) is 0 Å². The highest BCUT2D eigenvalue weighted by atomic mass is 32.2. The second-order valence-corrected chi connectivity index (χ2v) is 10.3. The second-order valence-electron chi connectivity index (χ2n) is 8.10. The Kier molecular flexibility index (Phi) is 7.62. The highest BCUT2D eigenvalue weighted by molar-refractivity contribution is 7.99. The van der Waals surface area contributed by atoms with E-state index in [0.29, 0.717) is 17.0 Å². The maximum absolute atomic E-state index is 12.8. The van der Waals surface area contributed by atoms with E-state index in [1.54, 1.807) is 0 Å². The lowest BCUT2D eigenvalue weighted by molar-refractivity contribution is -0.120. The minimum Gasteiger partial charge on any atom is -0.353 e. The lowest BCUT2D eigenvalue weighted by Crippen LogP contribution is -2.38. The van der Waals surface area contributed by atoms with Crippen LogP contribution in [0.15, 0.2) is 70.8 Å². The number of aryl methyl sites for hydroxylation is 1. The molecule has 0 fully saturated rings. The van der Waals surface area contributed by atoms with Crippen molar-refractivity contribution >= 4 is 39.2 Å². The van der Waals surface area contributed by atoms with Crippen molar-refractivity contribution in [1.29, 1.82) is 0 Å². The molecule has 2 atom stereocenters. The highest BCUT2D eigenvalue weighted by Crippen LogP contribution is 2.30. The van der Waals surface area contributed by atoms with Crippen molar-refractivity contribution < 1.29 is 4.79 Å². The molecule has 4 aromatic rings. The van der Waals surface area contributed by atoms with Gasteiger partial charge in [0.05, 0.1) is 16.4 Å². The van der Waals surface area contributed by atoms with E-state index in [0.717, 1.165) is 28.8 Å². The number of carbonyl (C=O) groups is 1. The number of aromatic nitrogens is 2. The fourth-order valence-corrected chi connectivity index (χ4v) is 5.36. The fourth-order valence-electron chi connectivity index (χ4n) is 3.63. The standard InChI is InChI=1S/C26H27N3O2S2/c1-17(13-14-19-9-5-3-6-10-19)27-24(30)18(2)32-16-22-28-25(31)23-21(15-33-26(23)29-22)20-11-7-4-8-12-20/h3-12,15,17-18H,13-14,16H2,1-2H3,(H,27,30)(H,28,29,31). The number of amides is 1. The maximum atomic E-state index is 12.8. The summed E-state index contributed by atoms with van der Waals surface area (Å²) in [5, 5.41) is 5.46. The monoisotopic (exact) mass is 477 g/mol. The van der Waals surface area contributed by atoms with Crippen LogP contribution < -0.4 is 10.9 Å². The molecule has 7 heteroatoms. The molecule has 0 saturated carbocycles. The predicted molar refractivity (Wildman–Crippen MR) is 139 cm³/mol. The van der Waals surface area contributed by atoms with Crippen molar-refractivity contribution in [2.45, 2.75) is 43.7 Å². The van der Waals surface area contributed by atoms with Gasteiger partial charge < -0.3 is 10.3 Å². The van der Waals surface area contributed by atoms with Crippen LogP contribution in [0.2, 0.25) is 0 Å². The van der Waals surface area contributed by atoms with Crippen LogP contribution in [0.25, 0.3) is 21.3 Å². The van der Waals surface area contributed by atoms with E-state index in [2.05, 4.69) is 27.4 Å². The highest BCUT2D eigenvalue weighted by Gasteiger charge is 2.18. The summed E-state index contributed by atoms with van der Waals surface area (Å²) in [4.78, 5) is 33.7. The third-order valence-corrected chi connectivity index (χ3v) is 7.54. The first-order chi connectivity index (χ1) is 16.0. The quantitative estimate of drug-likeness (QED) is 0.338. The molecule has 33 heavy (non-hydrogen) atoms. The van der Waals surface area contributed by atoms with E-state index >= 15 is 0 Å². The zero-order chi connectivity index (χ0) is 23.2. The molecule has 0 spiro atoms. The van der Waals surface area contributed by atoms with Crippen LogP contribution >= 0.6 is 23.1 Å². The Hall–Kier alpha value is -2.90. The van der Waals surface area contributed by atoms with Crippen LogP contribution in [0.5, 0.6) is 0 Å². The number of hydrogen-bond acceptors (Lipinski definition) is 5. The molecule has 5 nitrogen and oxygen atoms in total. The zero-order valence-corrected chi connectivity index (χ0v) is 20.3. The van der Waals surface area contributed by atoms with Crippen LogP contribution in [0.1, 0.15) is 31.7 Å². The molecule has 0 aliphatic rings. The number of carbonyl (C=O) groups excluding carboxylic acids is 1. The smallest absolute Gasteiger partial charge is 0.260 e. The molecule has 0 radical (unpaired) electrons. The number of thioether (sulfide) groups is 1.